The number of unbranched alkanes of at least 4 members (excludes halogenated alkanes) is 3. The van der Waals surface area contributed by atoms with E-state index in [1.54, 1.807) is 18.2 Å². The predicted molar refractivity (Wildman–Crippen MR) is 88.8 cm³/mol. The molecule has 0 spiro atoms. The fourth-order valence-electron chi connectivity index (χ4n) is 1.56. The van der Waals surface area contributed by atoms with E-state index in [0.29, 0.717) is 10.6 Å². The molecule has 0 aliphatic carbocycles. The summed E-state index contributed by atoms with van der Waals surface area (Å²) >= 11 is 11.6. The average Bonchev–Trinajstić information content (AvgIpc) is 2.32. The zero-order valence-electron chi connectivity index (χ0n) is 10.0. The van der Waals surface area contributed by atoms with Crippen LogP contribution in [0.3, 0.4) is 0 Å². The molecular weight excluding hydrogens is 428 g/mol. The molecule has 1 N–H and O–H groups in total. The van der Waals surface area contributed by atoms with Gasteiger partial charge in [0.15, 0.2) is 0 Å². The van der Waals surface area contributed by atoms with Crippen LogP contribution in [0.25, 0.3) is 0 Å². The number of benzene rings is 1. The lowest BCUT2D eigenvalue weighted by Gasteiger charge is -2.06. The lowest BCUT2D eigenvalue weighted by Crippen LogP contribution is -2.24. The first-order valence-electron chi connectivity index (χ1n) is 5.93. The topological polar surface area (TPSA) is 29.1 Å². The maximum Gasteiger partial charge on any atom is 0.251 e. The number of amides is 1. The van der Waals surface area contributed by atoms with E-state index in [0.717, 1.165) is 17.4 Å². The molecule has 0 atom stereocenters. The van der Waals surface area contributed by atoms with Gasteiger partial charge < -0.3 is 5.32 Å². The largest absolute Gasteiger partial charge is 0.352 e. The summed E-state index contributed by atoms with van der Waals surface area (Å²) in [6.07, 6.45) is 4.70. The Morgan fingerprint density at radius 1 is 1.22 bits per heavy atom. The van der Waals surface area contributed by atoms with Gasteiger partial charge in [-0.05, 0) is 35.5 Å². The lowest BCUT2D eigenvalue weighted by atomic mass is 10.2. The number of hydrogen-bond acceptors (Lipinski definition) is 1. The summed E-state index contributed by atoms with van der Waals surface area (Å²) in [6, 6.07) is 5.22. The summed E-state index contributed by atoms with van der Waals surface area (Å²) in [7, 11) is 0. The number of alkyl halides is 1. The minimum absolute atomic E-state index is 0.0629. The van der Waals surface area contributed by atoms with Crippen molar-refractivity contribution in [1.82, 2.24) is 5.32 Å². The third-order valence-electron chi connectivity index (χ3n) is 2.47. The van der Waals surface area contributed by atoms with E-state index in [2.05, 4.69) is 43.8 Å². The first-order valence-corrected chi connectivity index (χ1v) is 8.63. The summed E-state index contributed by atoms with van der Waals surface area (Å²) in [6.45, 7) is 0.726. The zero-order chi connectivity index (χ0) is 13.4. The molecule has 1 rings (SSSR count). The molecule has 0 fully saturated rings. The van der Waals surface area contributed by atoms with E-state index >= 15 is 0 Å². The van der Waals surface area contributed by atoms with Crippen LogP contribution in [0, 0.1) is 0 Å². The number of carbonyl (C=O) groups excluding carboxylic acids is 1. The monoisotopic (exact) mass is 443 g/mol. The highest BCUT2D eigenvalue weighted by atomic mass is 127. The number of hydrogen-bond donors (Lipinski definition) is 1. The predicted octanol–water partition coefficient (Wildman–Crippen LogP) is 4.83. The SMILES string of the molecule is O=C(NCCCCCCI)c1cc(Cl)cc(Br)c1. The molecule has 1 amide bonds. The minimum atomic E-state index is -0.0629. The molecule has 0 aliphatic rings. The van der Waals surface area contributed by atoms with E-state index < -0.39 is 0 Å². The number of rotatable bonds is 7. The molecule has 0 unspecified atom stereocenters. The van der Waals surface area contributed by atoms with Crippen LogP contribution >= 0.6 is 50.1 Å². The summed E-state index contributed by atoms with van der Waals surface area (Å²) in [5.74, 6) is -0.0629. The molecule has 0 aliphatic heterocycles. The summed E-state index contributed by atoms with van der Waals surface area (Å²) in [5, 5.41) is 3.48. The molecule has 100 valence electrons. The molecule has 5 heteroatoms. The Morgan fingerprint density at radius 3 is 2.61 bits per heavy atom. The molecule has 0 radical (unpaired) electrons. The Hall–Kier alpha value is 0.190. The maximum atomic E-state index is 11.8. The van der Waals surface area contributed by atoms with E-state index in [1.807, 2.05) is 0 Å². The van der Waals surface area contributed by atoms with Crippen LogP contribution in [0.4, 0.5) is 0 Å². The van der Waals surface area contributed by atoms with Gasteiger partial charge in [0.05, 0.1) is 0 Å². The standard InChI is InChI=1S/C13H16BrClINO/c14-11-7-10(8-12(15)9-11)13(18)17-6-4-2-1-3-5-16/h7-9H,1-6H2,(H,17,18). The van der Waals surface area contributed by atoms with Crippen molar-refractivity contribution < 1.29 is 4.79 Å². The number of carbonyl (C=O) groups is 1. The van der Waals surface area contributed by atoms with E-state index in [4.69, 9.17) is 11.6 Å². The normalized spacial score (nSPS) is 10.4. The highest BCUT2D eigenvalue weighted by molar-refractivity contribution is 14.1. The first kappa shape index (κ1) is 16.2. The Kier molecular flexibility index (Phi) is 8.26. The van der Waals surface area contributed by atoms with Gasteiger partial charge >= 0.3 is 0 Å². The van der Waals surface area contributed by atoms with Crippen molar-refractivity contribution in [2.24, 2.45) is 0 Å². The van der Waals surface area contributed by atoms with Gasteiger partial charge in [-0.2, -0.15) is 0 Å². The van der Waals surface area contributed by atoms with Crippen molar-refractivity contribution >= 4 is 56.0 Å². The average molecular weight is 445 g/mol. The van der Waals surface area contributed by atoms with Gasteiger partial charge in [-0.3, -0.25) is 4.79 Å². The Labute approximate surface area is 135 Å². The second kappa shape index (κ2) is 9.15. The highest BCUT2D eigenvalue weighted by Gasteiger charge is 2.06. The Bertz CT molecular complexity index is 380. The van der Waals surface area contributed by atoms with Crippen molar-refractivity contribution in [2.75, 3.05) is 11.0 Å². The molecule has 1 aromatic rings. The zero-order valence-corrected chi connectivity index (χ0v) is 14.5. The van der Waals surface area contributed by atoms with E-state index in [-0.39, 0.29) is 5.91 Å². The fraction of sp³-hybridized carbons (Fsp3) is 0.462. The third-order valence-corrected chi connectivity index (χ3v) is 3.91. The van der Waals surface area contributed by atoms with Crippen molar-refractivity contribution in [1.29, 1.82) is 0 Å². The van der Waals surface area contributed by atoms with Gasteiger partial charge in [-0.1, -0.05) is 63.0 Å². The van der Waals surface area contributed by atoms with Gasteiger partial charge in [-0.15, -0.1) is 0 Å². The fourth-order valence-corrected chi connectivity index (χ4v) is 2.96. The van der Waals surface area contributed by atoms with Crippen molar-refractivity contribution in [3.8, 4) is 0 Å². The molecule has 2 nitrogen and oxygen atoms in total. The molecule has 1 aromatic carbocycles. The van der Waals surface area contributed by atoms with E-state index in [1.165, 1.54) is 23.7 Å². The second-order valence-corrected chi connectivity index (χ2v) is 6.45. The van der Waals surface area contributed by atoms with Gasteiger partial charge in [0.2, 0.25) is 0 Å². The van der Waals surface area contributed by atoms with Crippen molar-refractivity contribution in [3.63, 3.8) is 0 Å². The van der Waals surface area contributed by atoms with Crippen molar-refractivity contribution in [3.05, 3.63) is 33.3 Å². The van der Waals surface area contributed by atoms with Crippen LogP contribution in [-0.4, -0.2) is 16.9 Å². The van der Waals surface area contributed by atoms with Crippen LogP contribution in [0.15, 0.2) is 22.7 Å². The van der Waals surface area contributed by atoms with E-state index in [9.17, 15) is 4.79 Å². The summed E-state index contributed by atoms with van der Waals surface area (Å²) in [4.78, 5) is 11.8. The smallest absolute Gasteiger partial charge is 0.251 e. The van der Waals surface area contributed by atoms with Gasteiger partial charge in [0.25, 0.3) is 5.91 Å². The molecule has 0 saturated carbocycles. The Morgan fingerprint density at radius 2 is 1.94 bits per heavy atom. The van der Waals surface area contributed by atoms with Crippen LogP contribution in [0.2, 0.25) is 5.02 Å². The Balaban J connectivity index is 2.32. The molecule has 0 bridgehead atoms. The van der Waals surface area contributed by atoms with Crippen molar-refractivity contribution in [2.45, 2.75) is 25.7 Å². The maximum absolute atomic E-state index is 11.8. The number of halogens is 3. The lowest BCUT2D eigenvalue weighted by molar-refractivity contribution is 0.0953. The minimum Gasteiger partial charge on any atom is -0.352 e. The number of nitrogens with one attached hydrogen (secondary N) is 1. The third kappa shape index (κ3) is 6.38. The highest BCUT2D eigenvalue weighted by Crippen LogP contribution is 2.19. The van der Waals surface area contributed by atoms with Gasteiger partial charge in [0, 0.05) is 21.6 Å². The molecule has 18 heavy (non-hydrogen) atoms. The van der Waals surface area contributed by atoms with Crippen LogP contribution < -0.4 is 5.32 Å². The molecule has 0 aromatic heterocycles. The van der Waals surface area contributed by atoms with Gasteiger partial charge in [-0.25, -0.2) is 0 Å². The summed E-state index contributed by atoms with van der Waals surface area (Å²) in [5.41, 5.74) is 0.599. The first-order chi connectivity index (χ1) is 8.63. The quantitative estimate of drug-likeness (QED) is 0.364. The van der Waals surface area contributed by atoms with Crippen LogP contribution in [-0.2, 0) is 0 Å². The second-order valence-electron chi connectivity index (χ2n) is 4.02. The molecule has 0 saturated heterocycles. The van der Waals surface area contributed by atoms with Gasteiger partial charge in [0.1, 0.15) is 0 Å². The van der Waals surface area contributed by atoms with Crippen LogP contribution in [0.5, 0.6) is 0 Å². The molecular formula is C13H16BrClINO. The van der Waals surface area contributed by atoms with Crippen LogP contribution in [0.1, 0.15) is 36.0 Å². The molecule has 0 heterocycles. The summed E-state index contributed by atoms with van der Waals surface area (Å²) < 4.78 is 2.03.